The molecule has 1 unspecified atom stereocenters. The molecule has 0 saturated heterocycles. The first-order valence-electron chi connectivity index (χ1n) is 5.49. The van der Waals surface area contributed by atoms with Gasteiger partial charge in [-0.05, 0) is 51.0 Å². The van der Waals surface area contributed by atoms with E-state index in [9.17, 15) is 4.79 Å². The lowest BCUT2D eigenvalue weighted by Crippen LogP contribution is -2.19. The minimum absolute atomic E-state index is 0.307. The third-order valence-electron chi connectivity index (χ3n) is 3.69. The Kier molecular flexibility index (Phi) is 2.34. The summed E-state index contributed by atoms with van der Waals surface area (Å²) in [5, 5.41) is 0. The molecule has 1 nitrogen and oxygen atoms in total. The number of ketones is 1. The van der Waals surface area contributed by atoms with Crippen molar-refractivity contribution in [2.75, 3.05) is 0 Å². The van der Waals surface area contributed by atoms with Gasteiger partial charge in [0, 0.05) is 6.42 Å². The summed E-state index contributed by atoms with van der Waals surface area (Å²) in [4.78, 5) is 11.1. The largest absolute Gasteiger partial charge is 0.295 e. The van der Waals surface area contributed by atoms with Gasteiger partial charge in [0.1, 0.15) is 0 Å². The molecule has 1 fully saturated rings. The highest BCUT2D eigenvalue weighted by Crippen LogP contribution is 2.48. The molecule has 0 aliphatic heterocycles. The molecule has 14 heavy (non-hydrogen) atoms. The SMILES string of the molecule is CC(C)=C1CCC2(C=CC(=O)CC2)C1. The molecular weight excluding hydrogens is 172 g/mol. The Morgan fingerprint density at radius 2 is 2.00 bits per heavy atom. The molecular formula is C13H18O. The van der Waals surface area contributed by atoms with Crippen molar-refractivity contribution in [1.82, 2.24) is 0 Å². The second-order valence-corrected chi connectivity index (χ2v) is 4.94. The molecule has 0 aromatic rings. The first-order chi connectivity index (χ1) is 6.61. The van der Waals surface area contributed by atoms with E-state index in [1.807, 2.05) is 0 Å². The Morgan fingerprint density at radius 1 is 1.29 bits per heavy atom. The number of allylic oxidation sites excluding steroid dienone is 4. The average molecular weight is 190 g/mol. The van der Waals surface area contributed by atoms with Gasteiger partial charge in [0.25, 0.3) is 0 Å². The van der Waals surface area contributed by atoms with Crippen molar-refractivity contribution in [2.24, 2.45) is 5.41 Å². The molecule has 76 valence electrons. The van der Waals surface area contributed by atoms with Crippen LogP contribution in [0.5, 0.6) is 0 Å². The Morgan fingerprint density at radius 3 is 2.50 bits per heavy atom. The summed E-state index contributed by atoms with van der Waals surface area (Å²) >= 11 is 0. The normalized spacial score (nSPS) is 31.6. The molecule has 1 spiro atoms. The molecule has 2 rings (SSSR count). The zero-order valence-electron chi connectivity index (χ0n) is 9.10. The molecule has 0 bridgehead atoms. The summed E-state index contributed by atoms with van der Waals surface area (Å²) in [6.07, 6.45) is 9.48. The molecule has 0 amide bonds. The summed E-state index contributed by atoms with van der Waals surface area (Å²) in [6.45, 7) is 4.40. The van der Waals surface area contributed by atoms with Crippen LogP contribution >= 0.6 is 0 Å². The van der Waals surface area contributed by atoms with E-state index in [1.54, 1.807) is 11.6 Å². The van der Waals surface area contributed by atoms with Gasteiger partial charge < -0.3 is 0 Å². The summed E-state index contributed by atoms with van der Waals surface area (Å²) in [5.74, 6) is 0.307. The van der Waals surface area contributed by atoms with Crippen LogP contribution in [-0.2, 0) is 4.79 Å². The maximum absolute atomic E-state index is 11.1. The summed E-state index contributed by atoms with van der Waals surface area (Å²) in [6, 6.07) is 0. The van der Waals surface area contributed by atoms with E-state index in [0.717, 1.165) is 12.8 Å². The summed E-state index contributed by atoms with van der Waals surface area (Å²) < 4.78 is 0. The Balaban J connectivity index is 2.18. The van der Waals surface area contributed by atoms with Crippen LogP contribution in [0.3, 0.4) is 0 Å². The van der Waals surface area contributed by atoms with E-state index in [2.05, 4.69) is 19.9 Å². The molecule has 1 saturated carbocycles. The second-order valence-electron chi connectivity index (χ2n) is 4.94. The standard InChI is InChI=1S/C13H18O/c1-10(2)11-3-6-13(9-11)7-4-12(14)5-8-13/h4,7H,3,5-6,8-9H2,1-2H3. The number of rotatable bonds is 0. The summed E-state index contributed by atoms with van der Waals surface area (Å²) in [5.41, 5.74) is 3.44. The van der Waals surface area contributed by atoms with E-state index in [1.165, 1.54) is 24.8 Å². The van der Waals surface area contributed by atoms with Crippen LogP contribution in [0.15, 0.2) is 23.3 Å². The van der Waals surface area contributed by atoms with Gasteiger partial charge in [0.05, 0.1) is 0 Å². The van der Waals surface area contributed by atoms with Gasteiger partial charge >= 0.3 is 0 Å². The van der Waals surface area contributed by atoms with Crippen molar-refractivity contribution < 1.29 is 4.79 Å². The first kappa shape index (κ1) is 9.70. The molecule has 0 aromatic carbocycles. The molecule has 1 atom stereocenters. The Hall–Kier alpha value is -0.850. The monoisotopic (exact) mass is 190 g/mol. The topological polar surface area (TPSA) is 17.1 Å². The fraction of sp³-hybridized carbons (Fsp3) is 0.615. The highest BCUT2D eigenvalue weighted by molar-refractivity contribution is 5.90. The molecule has 2 aliphatic rings. The maximum atomic E-state index is 11.1. The van der Waals surface area contributed by atoms with Crippen molar-refractivity contribution in [1.29, 1.82) is 0 Å². The van der Waals surface area contributed by atoms with Crippen LogP contribution in [0.25, 0.3) is 0 Å². The van der Waals surface area contributed by atoms with Gasteiger partial charge in [0.2, 0.25) is 0 Å². The predicted molar refractivity (Wildman–Crippen MR) is 58.0 cm³/mol. The lowest BCUT2D eigenvalue weighted by atomic mass is 9.77. The molecule has 0 N–H and O–H groups in total. The van der Waals surface area contributed by atoms with Crippen LogP contribution in [0.4, 0.5) is 0 Å². The van der Waals surface area contributed by atoms with Crippen LogP contribution in [-0.4, -0.2) is 5.78 Å². The average Bonchev–Trinajstić information content (AvgIpc) is 2.56. The molecule has 0 radical (unpaired) electrons. The third-order valence-corrected chi connectivity index (χ3v) is 3.69. The highest BCUT2D eigenvalue weighted by Gasteiger charge is 2.36. The number of hydrogen-bond donors (Lipinski definition) is 0. The van der Waals surface area contributed by atoms with Crippen molar-refractivity contribution in [3.05, 3.63) is 23.3 Å². The number of carbonyl (C=O) groups is 1. The van der Waals surface area contributed by atoms with Crippen LogP contribution in [0, 0.1) is 5.41 Å². The minimum Gasteiger partial charge on any atom is -0.295 e. The van der Waals surface area contributed by atoms with Gasteiger partial charge in [-0.15, -0.1) is 0 Å². The quantitative estimate of drug-likeness (QED) is 0.535. The minimum atomic E-state index is 0.307. The van der Waals surface area contributed by atoms with E-state index in [0.29, 0.717) is 11.2 Å². The molecule has 2 aliphatic carbocycles. The lowest BCUT2D eigenvalue weighted by molar-refractivity contribution is -0.115. The third kappa shape index (κ3) is 1.68. The smallest absolute Gasteiger partial charge is 0.155 e. The highest BCUT2D eigenvalue weighted by atomic mass is 16.1. The summed E-state index contributed by atoms with van der Waals surface area (Å²) in [7, 11) is 0. The number of hydrogen-bond acceptors (Lipinski definition) is 1. The molecule has 0 aromatic heterocycles. The Bertz CT molecular complexity index is 318. The van der Waals surface area contributed by atoms with Crippen LogP contribution in [0.1, 0.15) is 46.0 Å². The van der Waals surface area contributed by atoms with Crippen molar-refractivity contribution in [3.63, 3.8) is 0 Å². The van der Waals surface area contributed by atoms with Crippen LogP contribution in [0.2, 0.25) is 0 Å². The van der Waals surface area contributed by atoms with Crippen LogP contribution < -0.4 is 0 Å². The Labute approximate surface area is 85.9 Å². The van der Waals surface area contributed by atoms with Gasteiger partial charge in [-0.2, -0.15) is 0 Å². The molecule has 1 heteroatoms. The first-order valence-corrected chi connectivity index (χ1v) is 5.49. The van der Waals surface area contributed by atoms with E-state index in [4.69, 9.17) is 0 Å². The van der Waals surface area contributed by atoms with Crippen molar-refractivity contribution in [2.45, 2.75) is 46.0 Å². The fourth-order valence-electron chi connectivity index (χ4n) is 2.59. The second kappa shape index (κ2) is 3.38. The van der Waals surface area contributed by atoms with Gasteiger partial charge in [-0.1, -0.05) is 17.2 Å². The van der Waals surface area contributed by atoms with E-state index < -0.39 is 0 Å². The van der Waals surface area contributed by atoms with E-state index in [-0.39, 0.29) is 0 Å². The fourth-order valence-corrected chi connectivity index (χ4v) is 2.59. The lowest BCUT2D eigenvalue weighted by Gasteiger charge is -2.27. The zero-order valence-corrected chi connectivity index (χ0v) is 9.10. The van der Waals surface area contributed by atoms with Gasteiger partial charge in [0.15, 0.2) is 5.78 Å². The van der Waals surface area contributed by atoms with Crippen molar-refractivity contribution in [3.8, 4) is 0 Å². The van der Waals surface area contributed by atoms with Crippen molar-refractivity contribution >= 4 is 5.78 Å². The number of carbonyl (C=O) groups excluding carboxylic acids is 1. The molecule has 0 heterocycles. The maximum Gasteiger partial charge on any atom is 0.155 e. The van der Waals surface area contributed by atoms with Gasteiger partial charge in [-0.3, -0.25) is 4.79 Å². The zero-order chi connectivity index (χ0) is 10.2. The predicted octanol–water partition coefficient (Wildman–Crippen LogP) is 3.41. The van der Waals surface area contributed by atoms with Gasteiger partial charge in [-0.25, -0.2) is 0 Å². The van der Waals surface area contributed by atoms with E-state index >= 15 is 0 Å².